The molecule has 2 aromatic carbocycles. The van der Waals surface area contributed by atoms with Crippen molar-refractivity contribution in [3.05, 3.63) is 68.6 Å². The number of ether oxygens (including phenoxy) is 3. The van der Waals surface area contributed by atoms with Gasteiger partial charge in [0.2, 0.25) is 11.8 Å². The molecule has 3 rings (SSSR count). The molecule has 0 bridgehead atoms. The third kappa shape index (κ3) is 7.77. The van der Waals surface area contributed by atoms with E-state index in [4.69, 9.17) is 14.2 Å². The summed E-state index contributed by atoms with van der Waals surface area (Å²) < 4.78 is 32.0. The van der Waals surface area contributed by atoms with Crippen LogP contribution in [0.15, 0.2) is 48.0 Å². The lowest BCUT2D eigenvalue weighted by molar-refractivity contribution is -0.144. The van der Waals surface area contributed by atoms with Crippen LogP contribution in [0.4, 0.5) is 4.39 Å². The van der Waals surface area contributed by atoms with E-state index in [-0.39, 0.29) is 62.0 Å². The Balaban J connectivity index is 2.05. The Kier molecular flexibility index (Phi) is 11.9. The fourth-order valence-electron chi connectivity index (χ4n) is 4.31. The van der Waals surface area contributed by atoms with Crippen LogP contribution in [0.1, 0.15) is 29.3 Å². The molecule has 0 saturated carbocycles. The molecule has 10 nitrogen and oxygen atoms in total. The molecule has 2 aromatic rings. The first kappa shape index (κ1) is 31.5. The summed E-state index contributed by atoms with van der Waals surface area (Å²) in [6, 6.07) is 8.02. The number of rotatable bonds is 13. The average Bonchev–Trinajstić information content (AvgIpc) is 2.96. The molecule has 0 unspecified atom stereocenters. The van der Waals surface area contributed by atoms with Gasteiger partial charge in [0.05, 0.1) is 23.3 Å². The average molecular weight is 670 g/mol. The normalized spacial score (nSPS) is 18.4. The van der Waals surface area contributed by atoms with Gasteiger partial charge in [0.15, 0.2) is 11.5 Å². The van der Waals surface area contributed by atoms with E-state index in [0.717, 1.165) is 0 Å². The number of hydrogen-bond acceptors (Lipinski definition) is 8. The maximum absolute atomic E-state index is 14.6. The molecule has 1 aliphatic carbocycles. The molecule has 216 valence electrons. The number of carbonyl (C=O) groups is 3. The highest BCUT2D eigenvalue weighted by Crippen LogP contribution is 2.37. The predicted octanol–water partition coefficient (Wildman–Crippen LogP) is 2.23. The monoisotopic (exact) mass is 670 g/mol. The first-order chi connectivity index (χ1) is 19.2. The van der Waals surface area contributed by atoms with Gasteiger partial charge in [0.1, 0.15) is 30.9 Å². The van der Waals surface area contributed by atoms with Crippen LogP contribution in [0.5, 0.6) is 11.5 Å². The van der Waals surface area contributed by atoms with Gasteiger partial charge in [-0.15, -0.1) is 0 Å². The van der Waals surface area contributed by atoms with Gasteiger partial charge in [-0.1, -0.05) is 18.2 Å². The number of methoxy groups -OCH3 is 1. The van der Waals surface area contributed by atoms with E-state index >= 15 is 0 Å². The summed E-state index contributed by atoms with van der Waals surface area (Å²) in [4.78, 5) is 38.9. The van der Waals surface area contributed by atoms with Crippen molar-refractivity contribution in [2.24, 2.45) is 0 Å². The molecule has 3 atom stereocenters. The zero-order chi connectivity index (χ0) is 29.2. The number of hydrogen-bond donors (Lipinski definition) is 3. The SMILES string of the molecule is CCOCC(=O)N(Cc1ccccc1F)[C@@H]1CC(C(=O)NCCO)=C[C@H](Oc2c(I)cc(C=O)cc2OC)[C@H]1O. The van der Waals surface area contributed by atoms with E-state index in [1.165, 1.54) is 42.4 Å². The molecule has 2 amide bonds. The summed E-state index contributed by atoms with van der Waals surface area (Å²) in [6.07, 6.45) is -0.443. The van der Waals surface area contributed by atoms with Crippen molar-refractivity contribution < 1.29 is 43.2 Å². The predicted molar refractivity (Wildman–Crippen MR) is 152 cm³/mol. The van der Waals surface area contributed by atoms with Crippen molar-refractivity contribution in [2.75, 3.05) is 33.5 Å². The number of aliphatic hydroxyl groups is 2. The highest BCUT2D eigenvalue weighted by atomic mass is 127. The number of halogens is 2. The van der Waals surface area contributed by atoms with Crippen LogP contribution >= 0.6 is 22.6 Å². The minimum Gasteiger partial charge on any atom is -0.493 e. The van der Waals surface area contributed by atoms with E-state index in [0.29, 0.717) is 15.4 Å². The zero-order valence-electron chi connectivity index (χ0n) is 22.1. The molecular weight excluding hydrogens is 638 g/mol. The Morgan fingerprint density at radius 2 is 2.02 bits per heavy atom. The van der Waals surface area contributed by atoms with Gasteiger partial charge < -0.3 is 34.6 Å². The van der Waals surface area contributed by atoms with Gasteiger partial charge in [-0.05, 0) is 53.8 Å². The Morgan fingerprint density at radius 3 is 2.67 bits per heavy atom. The van der Waals surface area contributed by atoms with Crippen molar-refractivity contribution in [3.63, 3.8) is 0 Å². The summed E-state index contributed by atoms with van der Waals surface area (Å²) in [7, 11) is 1.40. The van der Waals surface area contributed by atoms with Gasteiger partial charge in [0.25, 0.3) is 0 Å². The van der Waals surface area contributed by atoms with E-state index in [9.17, 15) is 29.0 Å². The second kappa shape index (κ2) is 15.1. The van der Waals surface area contributed by atoms with Crippen LogP contribution in [0.3, 0.4) is 0 Å². The molecule has 0 radical (unpaired) electrons. The maximum Gasteiger partial charge on any atom is 0.249 e. The van der Waals surface area contributed by atoms with Gasteiger partial charge in [0, 0.05) is 42.8 Å². The molecule has 1 aliphatic rings. The molecule has 12 heteroatoms. The third-order valence-electron chi connectivity index (χ3n) is 6.30. The second-order valence-corrected chi connectivity index (χ2v) is 10.1. The maximum atomic E-state index is 14.6. The number of nitrogens with one attached hydrogen (secondary N) is 1. The van der Waals surface area contributed by atoms with Crippen LogP contribution in [0.2, 0.25) is 0 Å². The van der Waals surface area contributed by atoms with Crippen molar-refractivity contribution in [1.82, 2.24) is 10.2 Å². The number of nitrogens with zero attached hydrogens (tertiary/aromatic N) is 1. The first-order valence-corrected chi connectivity index (χ1v) is 13.7. The lowest BCUT2D eigenvalue weighted by Gasteiger charge is -2.40. The molecule has 0 spiro atoms. The molecular formula is C28H32FIN2O8. The molecule has 40 heavy (non-hydrogen) atoms. The summed E-state index contributed by atoms with van der Waals surface area (Å²) in [5, 5.41) is 23.3. The quantitative estimate of drug-likeness (QED) is 0.218. The molecule has 0 saturated heterocycles. The summed E-state index contributed by atoms with van der Waals surface area (Å²) >= 11 is 1.97. The lowest BCUT2D eigenvalue weighted by atomic mass is 9.87. The summed E-state index contributed by atoms with van der Waals surface area (Å²) in [5.41, 5.74) is 0.779. The number of aliphatic hydroxyl groups excluding tert-OH is 2. The van der Waals surface area contributed by atoms with Gasteiger partial charge >= 0.3 is 0 Å². The number of aldehydes is 1. The smallest absolute Gasteiger partial charge is 0.249 e. The summed E-state index contributed by atoms with van der Waals surface area (Å²) in [5.74, 6) is -1.08. The second-order valence-electron chi connectivity index (χ2n) is 8.92. The minimum absolute atomic E-state index is 0.00396. The largest absolute Gasteiger partial charge is 0.493 e. The fraction of sp³-hybridized carbons (Fsp3) is 0.393. The van der Waals surface area contributed by atoms with Crippen LogP contribution in [-0.4, -0.2) is 84.9 Å². The standard InChI is InChI=1S/C28H32FIN2O8/c1-3-39-16-25(35)32(14-18-6-4-5-7-20(18)29)22-12-19(28(37)31-8-9-33)13-23(26(22)36)40-27-21(30)10-17(15-34)11-24(27)38-2/h4-7,10-11,13,15,22-23,26,33,36H,3,8-9,12,14,16H2,1-2H3,(H,31,37)/t22-,23+,26+/m1/s1. The molecule has 0 fully saturated rings. The van der Waals surface area contributed by atoms with Crippen LogP contribution in [0.25, 0.3) is 0 Å². The van der Waals surface area contributed by atoms with E-state index in [2.05, 4.69) is 5.32 Å². The van der Waals surface area contributed by atoms with E-state index in [1.54, 1.807) is 19.1 Å². The van der Waals surface area contributed by atoms with Crippen molar-refractivity contribution in [1.29, 1.82) is 0 Å². The highest BCUT2D eigenvalue weighted by Gasteiger charge is 2.41. The Bertz CT molecular complexity index is 1240. The van der Waals surface area contributed by atoms with Crippen molar-refractivity contribution in [3.8, 4) is 11.5 Å². The third-order valence-corrected chi connectivity index (χ3v) is 7.11. The van der Waals surface area contributed by atoms with Crippen LogP contribution in [-0.2, 0) is 20.9 Å². The Labute approximate surface area is 245 Å². The highest BCUT2D eigenvalue weighted by molar-refractivity contribution is 14.1. The Hall–Kier alpha value is -3.07. The molecule has 3 N–H and O–H groups in total. The van der Waals surface area contributed by atoms with Crippen LogP contribution < -0.4 is 14.8 Å². The Morgan fingerprint density at radius 1 is 1.27 bits per heavy atom. The first-order valence-electron chi connectivity index (χ1n) is 12.6. The number of benzene rings is 2. The van der Waals surface area contributed by atoms with Crippen molar-refractivity contribution >= 4 is 40.7 Å². The molecule has 0 heterocycles. The summed E-state index contributed by atoms with van der Waals surface area (Å²) in [6.45, 7) is 1.21. The van der Waals surface area contributed by atoms with Gasteiger partial charge in [-0.3, -0.25) is 14.4 Å². The lowest BCUT2D eigenvalue weighted by Crippen LogP contribution is -2.55. The fourth-order valence-corrected chi connectivity index (χ4v) is 5.06. The van der Waals surface area contributed by atoms with E-state index < -0.39 is 35.9 Å². The van der Waals surface area contributed by atoms with Crippen molar-refractivity contribution in [2.45, 2.75) is 38.1 Å². The van der Waals surface area contributed by atoms with Crippen LogP contribution in [0, 0.1) is 9.39 Å². The zero-order valence-corrected chi connectivity index (χ0v) is 24.3. The van der Waals surface area contributed by atoms with E-state index in [1.807, 2.05) is 22.6 Å². The van der Waals surface area contributed by atoms with Gasteiger partial charge in [-0.2, -0.15) is 0 Å². The number of amides is 2. The van der Waals surface area contributed by atoms with Gasteiger partial charge in [-0.25, -0.2) is 4.39 Å². The number of carbonyl (C=O) groups excluding carboxylic acids is 3. The topological polar surface area (TPSA) is 135 Å². The molecule has 0 aromatic heterocycles. The minimum atomic E-state index is -1.35. The molecule has 0 aliphatic heterocycles.